The predicted octanol–water partition coefficient (Wildman–Crippen LogP) is 2.21. The summed E-state index contributed by atoms with van der Waals surface area (Å²) in [6, 6.07) is 7.19. The topological polar surface area (TPSA) is 74.8 Å². The summed E-state index contributed by atoms with van der Waals surface area (Å²) in [4.78, 5) is 30.9. The maximum atomic E-state index is 12.2. The Bertz CT molecular complexity index is 754. The molecular formula is C14H12ClN3O2. The van der Waals surface area contributed by atoms with Gasteiger partial charge in [0.1, 0.15) is 11.6 Å². The van der Waals surface area contributed by atoms with Crippen LogP contribution in [-0.4, -0.2) is 15.9 Å². The van der Waals surface area contributed by atoms with E-state index in [2.05, 4.69) is 15.3 Å². The van der Waals surface area contributed by atoms with Crippen LogP contribution in [-0.2, 0) is 4.79 Å². The molecule has 0 fully saturated rings. The number of aromatic nitrogens is 2. The van der Waals surface area contributed by atoms with E-state index >= 15 is 0 Å². The highest BCUT2D eigenvalue weighted by Crippen LogP contribution is 2.34. The molecule has 1 aromatic carbocycles. The molecule has 20 heavy (non-hydrogen) atoms. The summed E-state index contributed by atoms with van der Waals surface area (Å²) in [5.74, 6) is 0.336. The molecule has 0 spiro atoms. The van der Waals surface area contributed by atoms with E-state index in [1.165, 1.54) is 0 Å². The highest BCUT2D eigenvalue weighted by molar-refractivity contribution is 6.30. The Morgan fingerprint density at radius 3 is 2.90 bits per heavy atom. The molecule has 1 aliphatic heterocycles. The van der Waals surface area contributed by atoms with E-state index in [9.17, 15) is 9.59 Å². The number of H-pyrrole nitrogens is 1. The van der Waals surface area contributed by atoms with Gasteiger partial charge in [-0.25, -0.2) is 4.98 Å². The van der Waals surface area contributed by atoms with Gasteiger partial charge in [-0.1, -0.05) is 23.7 Å². The number of carbonyl (C=O) groups is 1. The Labute approximate surface area is 120 Å². The van der Waals surface area contributed by atoms with E-state index in [-0.39, 0.29) is 23.8 Å². The quantitative estimate of drug-likeness (QED) is 0.845. The lowest BCUT2D eigenvalue weighted by atomic mass is 9.87. The molecule has 1 aliphatic rings. The largest absolute Gasteiger partial charge is 0.310 e. The van der Waals surface area contributed by atoms with Gasteiger partial charge < -0.3 is 10.3 Å². The zero-order chi connectivity index (χ0) is 14.3. The second-order valence-corrected chi connectivity index (χ2v) is 5.21. The average Bonchev–Trinajstić information content (AvgIpc) is 2.36. The van der Waals surface area contributed by atoms with Crippen LogP contribution in [0.1, 0.15) is 29.3 Å². The second kappa shape index (κ2) is 4.76. The lowest BCUT2D eigenvalue weighted by Crippen LogP contribution is -2.31. The van der Waals surface area contributed by atoms with Gasteiger partial charge in [0.25, 0.3) is 5.56 Å². The summed E-state index contributed by atoms with van der Waals surface area (Å²) >= 11 is 5.99. The lowest BCUT2D eigenvalue weighted by Gasteiger charge is -2.24. The molecule has 0 aliphatic carbocycles. The highest BCUT2D eigenvalue weighted by Gasteiger charge is 2.30. The molecule has 0 bridgehead atoms. The zero-order valence-electron chi connectivity index (χ0n) is 10.7. The van der Waals surface area contributed by atoms with Crippen LogP contribution in [0.2, 0.25) is 5.02 Å². The van der Waals surface area contributed by atoms with Crippen molar-refractivity contribution in [2.45, 2.75) is 19.3 Å². The Hall–Kier alpha value is -2.14. The third kappa shape index (κ3) is 2.20. The van der Waals surface area contributed by atoms with Gasteiger partial charge in [-0.05, 0) is 24.6 Å². The number of rotatable bonds is 1. The van der Waals surface area contributed by atoms with Crippen molar-refractivity contribution in [1.29, 1.82) is 0 Å². The zero-order valence-corrected chi connectivity index (χ0v) is 11.5. The van der Waals surface area contributed by atoms with Crippen molar-refractivity contribution < 1.29 is 4.79 Å². The number of hydrogen-bond donors (Lipinski definition) is 2. The molecule has 6 heteroatoms. The smallest absolute Gasteiger partial charge is 0.256 e. The minimum atomic E-state index is -0.325. The van der Waals surface area contributed by atoms with E-state index in [1.807, 2.05) is 6.07 Å². The first-order valence-corrected chi connectivity index (χ1v) is 6.58. The number of aromatic amines is 1. The Morgan fingerprint density at radius 2 is 2.15 bits per heavy atom. The molecule has 102 valence electrons. The molecule has 1 atom stereocenters. The molecule has 0 saturated carbocycles. The summed E-state index contributed by atoms with van der Waals surface area (Å²) in [5.41, 5.74) is 1.10. The van der Waals surface area contributed by atoms with Crippen LogP contribution in [0.4, 0.5) is 5.82 Å². The fourth-order valence-corrected chi connectivity index (χ4v) is 2.69. The first-order chi connectivity index (χ1) is 9.54. The fourth-order valence-electron chi connectivity index (χ4n) is 2.49. The number of benzene rings is 1. The first kappa shape index (κ1) is 12.9. The number of amides is 1. The van der Waals surface area contributed by atoms with Gasteiger partial charge in [0, 0.05) is 17.4 Å². The fraction of sp³-hybridized carbons (Fsp3) is 0.214. The van der Waals surface area contributed by atoms with E-state index < -0.39 is 0 Å². The van der Waals surface area contributed by atoms with Crippen LogP contribution >= 0.6 is 11.6 Å². The Balaban J connectivity index is 2.20. The minimum Gasteiger partial charge on any atom is -0.310 e. The van der Waals surface area contributed by atoms with Crippen molar-refractivity contribution in [3.05, 3.63) is 56.6 Å². The molecule has 3 rings (SSSR count). The highest BCUT2D eigenvalue weighted by atomic mass is 35.5. The number of halogens is 1. The van der Waals surface area contributed by atoms with Gasteiger partial charge >= 0.3 is 0 Å². The third-order valence-electron chi connectivity index (χ3n) is 3.32. The van der Waals surface area contributed by atoms with E-state index in [0.717, 1.165) is 5.56 Å². The van der Waals surface area contributed by atoms with Crippen molar-refractivity contribution in [1.82, 2.24) is 9.97 Å². The van der Waals surface area contributed by atoms with Gasteiger partial charge in [-0.2, -0.15) is 0 Å². The van der Waals surface area contributed by atoms with E-state index in [4.69, 9.17) is 11.6 Å². The number of hydrogen-bond acceptors (Lipinski definition) is 3. The number of anilines is 1. The molecular weight excluding hydrogens is 278 g/mol. The van der Waals surface area contributed by atoms with E-state index in [1.54, 1.807) is 25.1 Å². The molecule has 2 N–H and O–H groups in total. The summed E-state index contributed by atoms with van der Waals surface area (Å²) in [5, 5.41) is 3.23. The summed E-state index contributed by atoms with van der Waals surface area (Å²) in [6.07, 6.45) is 0.209. The maximum absolute atomic E-state index is 12.2. The predicted molar refractivity (Wildman–Crippen MR) is 76.1 cm³/mol. The van der Waals surface area contributed by atoms with Crippen molar-refractivity contribution in [3.63, 3.8) is 0 Å². The maximum Gasteiger partial charge on any atom is 0.256 e. The van der Waals surface area contributed by atoms with Crippen LogP contribution < -0.4 is 10.9 Å². The van der Waals surface area contributed by atoms with Crippen LogP contribution in [0.3, 0.4) is 0 Å². The van der Waals surface area contributed by atoms with Crippen molar-refractivity contribution in [3.8, 4) is 0 Å². The average molecular weight is 290 g/mol. The Morgan fingerprint density at radius 1 is 1.35 bits per heavy atom. The Kier molecular flexibility index (Phi) is 3.06. The number of aryl methyl sites for hydroxylation is 1. The van der Waals surface area contributed by atoms with E-state index in [0.29, 0.717) is 22.2 Å². The standard InChI is InChI=1S/C14H12ClN3O2/c1-7-16-13-12(14(20)17-7)10(6-11(19)18-13)8-3-2-4-9(15)5-8/h2-5,10H,6H2,1H3,(H2,16,17,18,19,20). The minimum absolute atomic E-state index is 0.153. The molecule has 1 unspecified atom stereocenters. The van der Waals surface area contributed by atoms with Crippen LogP contribution in [0.5, 0.6) is 0 Å². The molecule has 2 heterocycles. The number of fused-ring (bicyclic) bond motifs is 1. The monoisotopic (exact) mass is 289 g/mol. The summed E-state index contributed by atoms with van der Waals surface area (Å²) in [6.45, 7) is 1.68. The number of nitrogens with zero attached hydrogens (tertiary/aromatic N) is 1. The molecule has 0 radical (unpaired) electrons. The van der Waals surface area contributed by atoms with Crippen molar-refractivity contribution in [2.75, 3.05) is 5.32 Å². The van der Waals surface area contributed by atoms with Crippen molar-refractivity contribution in [2.24, 2.45) is 0 Å². The third-order valence-corrected chi connectivity index (χ3v) is 3.56. The SMILES string of the molecule is Cc1nc2c(c(=O)[nH]1)C(c1cccc(Cl)c1)CC(=O)N2. The van der Waals surface area contributed by atoms with Gasteiger partial charge in [-0.3, -0.25) is 9.59 Å². The normalized spacial score (nSPS) is 17.5. The molecule has 5 nitrogen and oxygen atoms in total. The van der Waals surface area contributed by atoms with Gasteiger partial charge in [0.05, 0.1) is 5.56 Å². The lowest BCUT2D eigenvalue weighted by molar-refractivity contribution is -0.116. The van der Waals surface area contributed by atoms with Crippen molar-refractivity contribution >= 4 is 23.3 Å². The molecule has 2 aromatic rings. The van der Waals surface area contributed by atoms with Crippen LogP contribution in [0, 0.1) is 6.92 Å². The summed E-state index contributed by atoms with van der Waals surface area (Å²) in [7, 11) is 0. The molecule has 1 amide bonds. The molecule has 1 aromatic heterocycles. The second-order valence-electron chi connectivity index (χ2n) is 4.77. The number of nitrogens with one attached hydrogen (secondary N) is 2. The van der Waals surface area contributed by atoms with Crippen LogP contribution in [0.25, 0.3) is 0 Å². The van der Waals surface area contributed by atoms with Crippen LogP contribution in [0.15, 0.2) is 29.1 Å². The molecule has 0 saturated heterocycles. The summed E-state index contributed by atoms with van der Waals surface area (Å²) < 4.78 is 0. The van der Waals surface area contributed by atoms with Gasteiger partial charge in [0.15, 0.2) is 0 Å². The first-order valence-electron chi connectivity index (χ1n) is 6.20. The van der Waals surface area contributed by atoms with Gasteiger partial charge in [-0.15, -0.1) is 0 Å². The number of carbonyl (C=O) groups excluding carboxylic acids is 1. The van der Waals surface area contributed by atoms with Gasteiger partial charge in [0.2, 0.25) is 5.91 Å².